The van der Waals surface area contributed by atoms with E-state index in [-0.39, 0.29) is 0 Å². The summed E-state index contributed by atoms with van der Waals surface area (Å²) >= 11 is 0. The lowest BCUT2D eigenvalue weighted by Crippen LogP contribution is -2.38. The van der Waals surface area contributed by atoms with Gasteiger partial charge in [-0.15, -0.1) is 0 Å². The minimum absolute atomic E-state index is 0.295. The fourth-order valence-corrected chi connectivity index (χ4v) is 3.38. The Morgan fingerprint density at radius 2 is 1.95 bits per heavy atom. The van der Waals surface area contributed by atoms with Crippen LogP contribution in [0.5, 0.6) is 0 Å². The van der Waals surface area contributed by atoms with Gasteiger partial charge < -0.3 is 10.5 Å². The average Bonchev–Trinajstić information content (AvgIpc) is 3.34. The lowest BCUT2D eigenvalue weighted by molar-refractivity contribution is -0.00777. The Hall–Kier alpha value is -0.900. The van der Waals surface area contributed by atoms with Crippen LogP contribution < -0.4 is 5.73 Å². The van der Waals surface area contributed by atoms with Crippen molar-refractivity contribution in [1.29, 1.82) is 0 Å². The molecule has 2 fully saturated rings. The fourth-order valence-electron chi connectivity index (χ4n) is 3.38. The van der Waals surface area contributed by atoms with E-state index < -0.39 is 0 Å². The molecule has 0 amide bonds. The van der Waals surface area contributed by atoms with Crippen LogP contribution in [0.25, 0.3) is 0 Å². The molecule has 1 aromatic rings. The number of nitrogens with zero attached hydrogens (tertiary/aromatic N) is 1. The Bertz CT molecular complexity index is 435. The van der Waals surface area contributed by atoms with Gasteiger partial charge in [-0.05, 0) is 56.2 Å². The van der Waals surface area contributed by atoms with E-state index in [0.717, 1.165) is 19.1 Å². The zero-order valence-corrected chi connectivity index (χ0v) is 13.1. The first-order valence-electron chi connectivity index (χ1n) is 8.39. The maximum Gasteiger partial charge on any atom is 0.0702 e. The van der Waals surface area contributed by atoms with Gasteiger partial charge in [0.05, 0.1) is 6.10 Å². The van der Waals surface area contributed by atoms with Crippen LogP contribution in [0, 0.1) is 0 Å². The summed E-state index contributed by atoms with van der Waals surface area (Å²) in [5.41, 5.74) is 8.87. The summed E-state index contributed by atoms with van der Waals surface area (Å²) in [7, 11) is 2.17. The van der Waals surface area contributed by atoms with Crippen molar-refractivity contribution in [3.63, 3.8) is 0 Å². The summed E-state index contributed by atoms with van der Waals surface area (Å²) in [6, 6.07) is 9.41. The number of hydrogen-bond acceptors (Lipinski definition) is 3. The second-order valence-corrected chi connectivity index (χ2v) is 6.62. The van der Waals surface area contributed by atoms with Gasteiger partial charge in [0.25, 0.3) is 0 Å². The zero-order chi connectivity index (χ0) is 14.7. The smallest absolute Gasteiger partial charge is 0.0702 e. The van der Waals surface area contributed by atoms with Crippen molar-refractivity contribution in [2.45, 2.75) is 50.2 Å². The van der Waals surface area contributed by atoms with Gasteiger partial charge >= 0.3 is 0 Å². The van der Waals surface area contributed by atoms with Gasteiger partial charge in [0.2, 0.25) is 0 Å². The molecular weight excluding hydrogens is 260 g/mol. The lowest BCUT2D eigenvalue weighted by atomic mass is 10.0. The molecule has 2 unspecified atom stereocenters. The van der Waals surface area contributed by atoms with Crippen LogP contribution in [0.15, 0.2) is 24.3 Å². The normalized spacial score (nSPS) is 24.2. The van der Waals surface area contributed by atoms with Gasteiger partial charge in [-0.2, -0.15) is 0 Å². The molecule has 0 radical (unpaired) electrons. The third-order valence-electron chi connectivity index (χ3n) is 4.89. The number of hydrogen-bond donors (Lipinski definition) is 1. The van der Waals surface area contributed by atoms with E-state index in [4.69, 9.17) is 10.5 Å². The molecule has 3 heteroatoms. The molecule has 3 rings (SSSR count). The first-order chi connectivity index (χ1) is 10.3. The predicted octanol–water partition coefficient (Wildman–Crippen LogP) is 3.06. The van der Waals surface area contributed by atoms with Gasteiger partial charge in [0, 0.05) is 25.7 Å². The number of likely N-dealkylation sites (N-methyl/N-ethyl adjacent to an activating group) is 1. The summed E-state index contributed by atoms with van der Waals surface area (Å²) in [5.74, 6) is 0.823. The van der Waals surface area contributed by atoms with Gasteiger partial charge in [-0.3, -0.25) is 4.90 Å². The van der Waals surface area contributed by atoms with Gasteiger partial charge in [-0.25, -0.2) is 0 Å². The molecule has 0 aromatic heterocycles. The molecule has 2 aliphatic rings. The van der Waals surface area contributed by atoms with Crippen molar-refractivity contribution in [2.24, 2.45) is 5.73 Å². The second kappa shape index (κ2) is 6.91. The molecule has 1 aromatic carbocycles. The van der Waals surface area contributed by atoms with E-state index in [1.165, 1.54) is 43.2 Å². The van der Waals surface area contributed by atoms with Crippen LogP contribution in [0.4, 0.5) is 0 Å². The lowest BCUT2D eigenvalue weighted by Gasteiger charge is -2.32. The van der Waals surface area contributed by atoms with E-state index in [1.807, 2.05) is 0 Å². The third-order valence-corrected chi connectivity index (χ3v) is 4.89. The van der Waals surface area contributed by atoms with Crippen LogP contribution in [0.1, 0.15) is 55.2 Å². The first kappa shape index (κ1) is 15.0. The number of nitrogens with two attached hydrogens (primary N) is 1. The maximum absolute atomic E-state index is 6.04. The van der Waals surface area contributed by atoms with Crippen LogP contribution in [-0.4, -0.2) is 37.7 Å². The maximum atomic E-state index is 6.04. The Morgan fingerprint density at radius 1 is 1.19 bits per heavy atom. The molecule has 1 aliphatic heterocycles. The van der Waals surface area contributed by atoms with Crippen molar-refractivity contribution in [1.82, 2.24) is 4.90 Å². The number of ether oxygens (including phenoxy) is 1. The monoisotopic (exact) mass is 288 g/mol. The molecule has 0 bridgehead atoms. The predicted molar refractivity (Wildman–Crippen MR) is 86.4 cm³/mol. The van der Waals surface area contributed by atoms with E-state index in [1.54, 1.807) is 0 Å². The van der Waals surface area contributed by atoms with Crippen LogP contribution in [0.2, 0.25) is 0 Å². The van der Waals surface area contributed by atoms with Crippen molar-refractivity contribution in [3.8, 4) is 0 Å². The highest BCUT2D eigenvalue weighted by molar-refractivity contribution is 5.29. The van der Waals surface area contributed by atoms with Crippen molar-refractivity contribution in [2.75, 3.05) is 26.7 Å². The number of rotatable bonds is 6. The van der Waals surface area contributed by atoms with Crippen molar-refractivity contribution in [3.05, 3.63) is 35.4 Å². The Morgan fingerprint density at radius 3 is 2.52 bits per heavy atom. The Balaban J connectivity index is 1.62. The van der Waals surface area contributed by atoms with Crippen LogP contribution in [0.3, 0.4) is 0 Å². The minimum atomic E-state index is 0.295. The standard InChI is InChI=1S/C18H28N2O/c1-20(13-17-4-2-3-11-21-17)18(12-19)16-9-7-15(8-10-16)14-5-6-14/h7-10,14,17-18H,2-6,11-13,19H2,1H3. The molecule has 2 atom stereocenters. The van der Waals surface area contributed by atoms with Crippen LogP contribution in [-0.2, 0) is 4.74 Å². The van der Waals surface area contributed by atoms with Crippen molar-refractivity contribution < 1.29 is 4.74 Å². The summed E-state index contributed by atoms with van der Waals surface area (Å²) in [4.78, 5) is 2.36. The molecule has 0 spiro atoms. The third kappa shape index (κ3) is 3.85. The summed E-state index contributed by atoms with van der Waals surface area (Å²) in [6.07, 6.45) is 6.79. The number of benzene rings is 1. The largest absolute Gasteiger partial charge is 0.377 e. The molecular formula is C18H28N2O. The van der Waals surface area contributed by atoms with E-state index in [0.29, 0.717) is 18.7 Å². The molecule has 2 N–H and O–H groups in total. The molecule has 116 valence electrons. The van der Waals surface area contributed by atoms with E-state index in [2.05, 4.69) is 36.2 Å². The summed E-state index contributed by atoms with van der Waals surface area (Å²) in [5, 5.41) is 0. The van der Waals surface area contributed by atoms with Crippen molar-refractivity contribution >= 4 is 0 Å². The quantitative estimate of drug-likeness (QED) is 0.874. The summed E-state index contributed by atoms with van der Waals surface area (Å²) in [6.45, 7) is 2.56. The highest BCUT2D eigenvalue weighted by atomic mass is 16.5. The topological polar surface area (TPSA) is 38.5 Å². The molecule has 3 nitrogen and oxygen atoms in total. The first-order valence-corrected chi connectivity index (χ1v) is 8.39. The second-order valence-electron chi connectivity index (χ2n) is 6.62. The highest BCUT2D eigenvalue weighted by Crippen LogP contribution is 2.40. The summed E-state index contributed by atoms with van der Waals surface area (Å²) < 4.78 is 5.86. The molecule has 21 heavy (non-hydrogen) atoms. The molecule has 1 saturated carbocycles. The minimum Gasteiger partial charge on any atom is -0.377 e. The SMILES string of the molecule is CN(CC1CCCCO1)C(CN)c1ccc(C2CC2)cc1. The molecule has 1 heterocycles. The molecule has 1 aliphatic carbocycles. The fraction of sp³-hybridized carbons (Fsp3) is 0.667. The van der Waals surface area contributed by atoms with E-state index >= 15 is 0 Å². The average molecular weight is 288 g/mol. The Labute approximate surface area is 128 Å². The van der Waals surface area contributed by atoms with Gasteiger partial charge in [0.15, 0.2) is 0 Å². The van der Waals surface area contributed by atoms with Crippen LogP contribution >= 0.6 is 0 Å². The van der Waals surface area contributed by atoms with Gasteiger partial charge in [-0.1, -0.05) is 24.3 Å². The highest BCUT2D eigenvalue weighted by Gasteiger charge is 2.24. The molecule has 1 saturated heterocycles. The van der Waals surface area contributed by atoms with Gasteiger partial charge in [0.1, 0.15) is 0 Å². The van der Waals surface area contributed by atoms with E-state index in [9.17, 15) is 0 Å². The zero-order valence-electron chi connectivity index (χ0n) is 13.1. The Kier molecular flexibility index (Phi) is 4.94.